The molecule has 8 aromatic rings. The predicted octanol–water partition coefficient (Wildman–Crippen LogP) is 12.1. The number of fused-ring (bicyclic) bond motifs is 3. The molecule has 0 bridgehead atoms. The van der Waals surface area contributed by atoms with Crippen molar-refractivity contribution < 1.29 is 4.74 Å². The summed E-state index contributed by atoms with van der Waals surface area (Å²) in [6.45, 7) is 0. The van der Waals surface area contributed by atoms with Crippen molar-refractivity contribution >= 4 is 44.0 Å². The lowest BCUT2D eigenvalue weighted by Crippen LogP contribution is -1.91. The number of hydrogen-bond acceptors (Lipinski definition) is 1. The smallest absolute Gasteiger partial charge is 0.118 e. The van der Waals surface area contributed by atoms with Gasteiger partial charge < -0.3 is 4.74 Å². The van der Waals surface area contributed by atoms with Crippen molar-refractivity contribution in [3.63, 3.8) is 0 Å². The van der Waals surface area contributed by atoms with Crippen LogP contribution in [0.4, 0.5) is 0 Å². The normalized spacial score (nSPS) is 11.7. The first kappa shape index (κ1) is 27.6. The van der Waals surface area contributed by atoms with Crippen molar-refractivity contribution in [1.29, 1.82) is 0 Å². The summed E-state index contributed by atoms with van der Waals surface area (Å²) in [6, 6.07) is 61.0. The molecule has 0 aliphatic heterocycles. The van der Waals surface area contributed by atoms with Crippen LogP contribution in [0, 0.1) is 0 Å². The topological polar surface area (TPSA) is 9.23 Å². The molecule has 0 aromatic heterocycles. The molecule has 1 nitrogen and oxygen atoms in total. The van der Waals surface area contributed by atoms with Gasteiger partial charge in [-0.2, -0.15) is 0 Å². The zero-order chi connectivity index (χ0) is 30.9. The van der Waals surface area contributed by atoms with Gasteiger partial charge in [-0.1, -0.05) is 152 Å². The summed E-state index contributed by atoms with van der Waals surface area (Å²) in [5.41, 5.74) is 9.65. The van der Waals surface area contributed by atoms with Crippen molar-refractivity contribution in [1.82, 2.24) is 0 Å². The highest BCUT2D eigenvalue weighted by molar-refractivity contribution is 6.21. The Labute approximate surface area is 269 Å². The lowest BCUT2D eigenvalue weighted by atomic mass is 9.86. The summed E-state index contributed by atoms with van der Waals surface area (Å²) < 4.78 is 5.46. The van der Waals surface area contributed by atoms with E-state index in [-0.39, 0.29) is 0 Å². The fourth-order valence-electron chi connectivity index (χ4n) is 6.73. The van der Waals surface area contributed by atoms with E-state index in [2.05, 4.69) is 164 Å². The monoisotopic (exact) mass is 588 g/mol. The highest BCUT2D eigenvalue weighted by atomic mass is 16.5. The Kier molecular flexibility index (Phi) is 7.13. The van der Waals surface area contributed by atoms with Crippen LogP contribution in [0.1, 0.15) is 16.7 Å². The predicted molar refractivity (Wildman–Crippen MR) is 196 cm³/mol. The molecule has 8 rings (SSSR count). The van der Waals surface area contributed by atoms with Gasteiger partial charge >= 0.3 is 0 Å². The summed E-state index contributed by atoms with van der Waals surface area (Å²) in [5, 5.41) is 7.53. The Bertz CT molecular complexity index is 2310. The third-order valence-electron chi connectivity index (χ3n) is 8.97. The van der Waals surface area contributed by atoms with Gasteiger partial charge in [0.1, 0.15) is 5.75 Å². The molecule has 1 heteroatoms. The first-order valence-electron chi connectivity index (χ1n) is 15.7. The summed E-state index contributed by atoms with van der Waals surface area (Å²) in [4.78, 5) is 0. The van der Waals surface area contributed by atoms with E-state index >= 15 is 0 Å². The molecule has 46 heavy (non-hydrogen) atoms. The molecule has 8 aromatic carbocycles. The second kappa shape index (κ2) is 11.9. The molecule has 218 valence electrons. The highest BCUT2D eigenvalue weighted by Gasteiger charge is 2.16. The summed E-state index contributed by atoms with van der Waals surface area (Å²) in [6.07, 6.45) is 2.30. The van der Waals surface area contributed by atoms with Crippen molar-refractivity contribution in [2.45, 2.75) is 0 Å². The van der Waals surface area contributed by atoms with Crippen LogP contribution in [0.3, 0.4) is 0 Å². The van der Waals surface area contributed by atoms with Crippen molar-refractivity contribution in [3.05, 3.63) is 187 Å². The summed E-state index contributed by atoms with van der Waals surface area (Å²) >= 11 is 0. The Morgan fingerprint density at radius 1 is 0.435 bits per heavy atom. The van der Waals surface area contributed by atoms with E-state index < -0.39 is 0 Å². The second-order valence-electron chi connectivity index (χ2n) is 11.7. The first-order valence-corrected chi connectivity index (χ1v) is 15.7. The van der Waals surface area contributed by atoms with Gasteiger partial charge in [0, 0.05) is 0 Å². The van der Waals surface area contributed by atoms with Gasteiger partial charge in [-0.3, -0.25) is 0 Å². The summed E-state index contributed by atoms with van der Waals surface area (Å²) in [7, 11) is 1.71. The number of methoxy groups -OCH3 is 1. The van der Waals surface area contributed by atoms with Gasteiger partial charge in [0.15, 0.2) is 0 Å². The van der Waals surface area contributed by atoms with E-state index in [0.717, 1.165) is 16.9 Å². The Morgan fingerprint density at radius 2 is 0.935 bits per heavy atom. The van der Waals surface area contributed by atoms with Crippen LogP contribution in [0.2, 0.25) is 0 Å². The average Bonchev–Trinajstić information content (AvgIpc) is 3.13. The van der Waals surface area contributed by atoms with Crippen LogP contribution < -0.4 is 4.74 Å². The molecule has 0 saturated carbocycles. The van der Waals surface area contributed by atoms with E-state index in [0.29, 0.717) is 0 Å². The molecule has 0 amide bonds. The maximum Gasteiger partial charge on any atom is 0.118 e. The molecule has 0 radical (unpaired) electrons. The third-order valence-corrected chi connectivity index (χ3v) is 8.97. The largest absolute Gasteiger partial charge is 0.497 e. The molecule has 0 aliphatic carbocycles. The van der Waals surface area contributed by atoms with Crippen molar-refractivity contribution in [2.24, 2.45) is 0 Å². The fraction of sp³-hybridized carbons (Fsp3) is 0.0222. The van der Waals surface area contributed by atoms with E-state index in [1.54, 1.807) is 7.11 Å². The van der Waals surface area contributed by atoms with Crippen molar-refractivity contribution in [2.75, 3.05) is 7.11 Å². The molecule has 0 saturated heterocycles. The number of benzene rings is 8. The first-order chi connectivity index (χ1) is 22.8. The van der Waals surface area contributed by atoms with E-state index in [1.807, 2.05) is 12.1 Å². The zero-order valence-electron chi connectivity index (χ0n) is 25.7. The average molecular weight is 589 g/mol. The quantitative estimate of drug-likeness (QED) is 0.139. The van der Waals surface area contributed by atoms with Crippen molar-refractivity contribution in [3.8, 4) is 28.0 Å². The molecule has 0 aliphatic rings. The Balaban J connectivity index is 1.28. The third kappa shape index (κ3) is 5.02. The van der Waals surface area contributed by atoms with Gasteiger partial charge in [-0.15, -0.1) is 0 Å². The number of hydrogen-bond donors (Lipinski definition) is 0. The Hall–Kier alpha value is -5.92. The standard InChI is InChI=1S/C45H32O/c1-46-38-27-25-33(26-28-38)43(37-24-23-32-11-5-6-14-36(32)30-37)29-31-19-21-35(22-20-31)45-41-17-9-7-15-39(41)44(34-12-3-2-4-13-34)40-16-8-10-18-42(40)45/h2-30H,1H3. The molecule has 0 unspecified atom stereocenters. The molecule has 0 fully saturated rings. The van der Waals surface area contributed by atoms with Crippen LogP contribution in [0.5, 0.6) is 5.75 Å². The number of rotatable bonds is 6. The maximum atomic E-state index is 5.46. The lowest BCUT2D eigenvalue weighted by Gasteiger charge is -2.18. The number of ether oxygens (including phenoxy) is 1. The molecular formula is C45H32O. The van der Waals surface area contributed by atoms with Crippen LogP contribution in [-0.2, 0) is 0 Å². The fourth-order valence-corrected chi connectivity index (χ4v) is 6.73. The molecular weight excluding hydrogens is 556 g/mol. The molecule has 0 N–H and O–H groups in total. The minimum atomic E-state index is 0.851. The maximum absolute atomic E-state index is 5.46. The van der Waals surface area contributed by atoms with E-state index in [4.69, 9.17) is 4.74 Å². The second-order valence-corrected chi connectivity index (χ2v) is 11.7. The van der Waals surface area contributed by atoms with Gasteiger partial charge in [-0.05, 0) is 101 Å². The van der Waals surface area contributed by atoms with E-state index in [1.165, 1.54) is 65.7 Å². The van der Waals surface area contributed by atoms with Crippen LogP contribution >= 0.6 is 0 Å². The highest BCUT2D eigenvalue weighted by Crippen LogP contribution is 2.43. The van der Waals surface area contributed by atoms with Gasteiger partial charge in [0.05, 0.1) is 7.11 Å². The minimum Gasteiger partial charge on any atom is -0.497 e. The van der Waals surface area contributed by atoms with Gasteiger partial charge in [-0.25, -0.2) is 0 Å². The lowest BCUT2D eigenvalue weighted by molar-refractivity contribution is 0.415. The minimum absolute atomic E-state index is 0.851. The van der Waals surface area contributed by atoms with Gasteiger partial charge in [0.2, 0.25) is 0 Å². The molecule has 0 spiro atoms. The SMILES string of the molecule is COc1ccc(C(=Cc2ccc(-c3c4ccccc4c(-c4ccccc4)c4ccccc34)cc2)c2ccc3ccccc3c2)cc1. The zero-order valence-corrected chi connectivity index (χ0v) is 25.7. The Morgan fingerprint density at radius 3 is 1.52 bits per heavy atom. The van der Waals surface area contributed by atoms with Crippen LogP contribution in [0.15, 0.2) is 170 Å². The van der Waals surface area contributed by atoms with Crippen LogP contribution in [0.25, 0.3) is 66.2 Å². The van der Waals surface area contributed by atoms with Crippen LogP contribution in [-0.4, -0.2) is 7.11 Å². The van der Waals surface area contributed by atoms with E-state index in [9.17, 15) is 0 Å². The molecule has 0 heterocycles. The summed E-state index contributed by atoms with van der Waals surface area (Å²) in [5.74, 6) is 0.851. The molecule has 0 atom stereocenters. The van der Waals surface area contributed by atoms with Gasteiger partial charge in [0.25, 0.3) is 0 Å².